The maximum Gasteiger partial charge on any atom is 0.312 e. The molecule has 0 aliphatic rings. The van der Waals surface area contributed by atoms with Crippen LogP contribution in [0.5, 0.6) is 0 Å². The molecule has 1 rings (SSSR count). The molecule has 1 amide bonds. The van der Waals surface area contributed by atoms with Crippen molar-refractivity contribution in [2.75, 3.05) is 0 Å². The predicted octanol–water partition coefficient (Wildman–Crippen LogP) is -0.0141. The summed E-state index contributed by atoms with van der Waals surface area (Å²) < 4.78 is 22.1. The molecule has 4 N–H and O–H groups in total. The lowest BCUT2D eigenvalue weighted by Gasteiger charge is -2.13. The Balaban J connectivity index is 2.76. The number of carboxylic acid groups (broad SMARTS) is 1. The minimum Gasteiger partial charge on any atom is -0.481 e. The van der Waals surface area contributed by atoms with E-state index in [1.165, 1.54) is 24.3 Å². The van der Waals surface area contributed by atoms with Gasteiger partial charge in [0.25, 0.3) is 0 Å². The minimum absolute atomic E-state index is 0.0275. The molecular weight excluding hydrogens is 272 g/mol. The second-order valence-electron chi connectivity index (χ2n) is 3.97. The van der Waals surface area contributed by atoms with Crippen LogP contribution in [0.25, 0.3) is 0 Å². The van der Waals surface area contributed by atoms with E-state index in [1.807, 2.05) is 0 Å². The average molecular weight is 286 g/mol. The molecule has 0 aliphatic carbocycles. The number of carbonyl (C=O) groups is 2. The highest BCUT2D eigenvalue weighted by atomic mass is 32.2. The number of rotatable bonds is 5. The number of carbonyl (C=O) groups excluding carboxylic acids is 1. The highest BCUT2D eigenvalue weighted by molar-refractivity contribution is 7.89. The second kappa shape index (κ2) is 5.81. The molecule has 0 saturated heterocycles. The molecule has 0 saturated carbocycles. The molecule has 104 valence electrons. The van der Waals surface area contributed by atoms with Gasteiger partial charge in [-0.3, -0.25) is 9.59 Å². The molecule has 1 aromatic carbocycles. The molecule has 0 radical (unpaired) electrons. The molecular formula is C11H14N2O5S. The van der Waals surface area contributed by atoms with Crippen LogP contribution >= 0.6 is 0 Å². The number of benzene rings is 1. The lowest BCUT2D eigenvalue weighted by atomic mass is 10.1. The summed E-state index contributed by atoms with van der Waals surface area (Å²) in [4.78, 5) is 21.6. The van der Waals surface area contributed by atoms with Crippen LogP contribution in [-0.4, -0.2) is 25.4 Å². The van der Waals surface area contributed by atoms with Crippen molar-refractivity contribution in [3.63, 3.8) is 0 Å². The van der Waals surface area contributed by atoms with Crippen LogP contribution < -0.4 is 10.5 Å². The second-order valence-corrected chi connectivity index (χ2v) is 5.54. The molecule has 19 heavy (non-hydrogen) atoms. The van der Waals surface area contributed by atoms with Gasteiger partial charge in [-0.1, -0.05) is 12.1 Å². The first-order valence-electron chi connectivity index (χ1n) is 5.34. The monoisotopic (exact) mass is 286 g/mol. The number of primary sulfonamides is 1. The Morgan fingerprint density at radius 1 is 1.32 bits per heavy atom. The number of amides is 1. The molecule has 1 unspecified atom stereocenters. The third-order valence-electron chi connectivity index (χ3n) is 2.40. The average Bonchev–Trinajstić information content (AvgIpc) is 2.26. The summed E-state index contributed by atoms with van der Waals surface area (Å²) >= 11 is 0. The number of hydrogen-bond acceptors (Lipinski definition) is 4. The fraction of sp³-hybridized carbons (Fsp3) is 0.273. The first-order valence-corrected chi connectivity index (χ1v) is 6.88. The first kappa shape index (κ1) is 15.1. The van der Waals surface area contributed by atoms with E-state index in [0.29, 0.717) is 5.56 Å². The normalized spacial score (nSPS) is 12.7. The van der Waals surface area contributed by atoms with E-state index in [2.05, 4.69) is 5.32 Å². The van der Waals surface area contributed by atoms with Crippen LogP contribution in [0.15, 0.2) is 29.2 Å². The summed E-state index contributed by atoms with van der Waals surface area (Å²) in [6.07, 6.45) is -0.612. The highest BCUT2D eigenvalue weighted by Gasteiger charge is 2.13. The third-order valence-corrected chi connectivity index (χ3v) is 3.33. The van der Waals surface area contributed by atoms with Crippen molar-refractivity contribution in [3.05, 3.63) is 29.8 Å². The van der Waals surface area contributed by atoms with E-state index in [4.69, 9.17) is 10.2 Å². The quantitative estimate of drug-likeness (QED) is 0.656. The van der Waals surface area contributed by atoms with E-state index >= 15 is 0 Å². The standard InChI is InChI=1S/C11H14N2O5S/c1-7(13-10(14)6-11(15)16)8-2-4-9(5-3-8)19(12,17)18/h2-5,7H,6H2,1H3,(H,13,14)(H,15,16)(H2,12,17,18). The number of carboxylic acids is 1. The van der Waals surface area contributed by atoms with Crippen LogP contribution in [0, 0.1) is 0 Å². The van der Waals surface area contributed by atoms with Gasteiger partial charge in [0.15, 0.2) is 0 Å². The lowest BCUT2D eigenvalue weighted by Crippen LogP contribution is -2.28. The molecule has 0 spiro atoms. The van der Waals surface area contributed by atoms with Crippen LogP contribution in [0.1, 0.15) is 24.9 Å². The molecule has 0 bridgehead atoms. The van der Waals surface area contributed by atoms with E-state index in [0.717, 1.165) is 0 Å². The van der Waals surface area contributed by atoms with Gasteiger partial charge in [-0.2, -0.15) is 0 Å². The number of sulfonamides is 1. The maximum absolute atomic E-state index is 11.3. The summed E-state index contributed by atoms with van der Waals surface area (Å²) in [6, 6.07) is 5.23. The van der Waals surface area contributed by atoms with E-state index in [9.17, 15) is 18.0 Å². The Morgan fingerprint density at radius 3 is 2.26 bits per heavy atom. The minimum atomic E-state index is -3.75. The predicted molar refractivity (Wildman–Crippen MR) is 66.6 cm³/mol. The van der Waals surface area contributed by atoms with Gasteiger partial charge in [-0.05, 0) is 24.6 Å². The van der Waals surface area contributed by atoms with Crippen molar-refractivity contribution in [3.8, 4) is 0 Å². The SMILES string of the molecule is CC(NC(=O)CC(=O)O)c1ccc(S(N)(=O)=O)cc1. The van der Waals surface area contributed by atoms with Crippen LogP contribution in [-0.2, 0) is 19.6 Å². The molecule has 0 fully saturated rings. The summed E-state index contributed by atoms with van der Waals surface area (Å²) in [5, 5.41) is 15.9. The van der Waals surface area contributed by atoms with E-state index < -0.39 is 34.4 Å². The van der Waals surface area contributed by atoms with Crippen molar-refractivity contribution in [2.24, 2.45) is 5.14 Å². The number of aliphatic carboxylic acids is 1. The van der Waals surface area contributed by atoms with Crippen LogP contribution in [0.3, 0.4) is 0 Å². The Hall–Kier alpha value is -1.93. The van der Waals surface area contributed by atoms with Gasteiger partial charge >= 0.3 is 5.97 Å². The van der Waals surface area contributed by atoms with E-state index in [1.54, 1.807) is 6.92 Å². The van der Waals surface area contributed by atoms with Gasteiger partial charge in [0.1, 0.15) is 6.42 Å². The zero-order chi connectivity index (χ0) is 14.6. The largest absolute Gasteiger partial charge is 0.481 e. The third kappa shape index (κ3) is 4.68. The Morgan fingerprint density at radius 2 is 1.84 bits per heavy atom. The van der Waals surface area contributed by atoms with Crippen molar-refractivity contribution >= 4 is 21.9 Å². The van der Waals surface area contributed by atoms with Gasteiger partial charge in [-0.25, -0.2) is 13.6 Å². The Labute approximate surface area is 110 Å². The molecule has 0 aliphatic heterocycles. The first-order chi connectivity index (χ1) is 8.70. The van der Waals surface area contributed by atoms with Gasteiger partial charge in [0, 0.05) is 0 Å². The fourth-order valence-electron chi connectivity index (χ4n) is 1.46. The van der Waals surface area contributed by atoms with Crippen molar-refractivity contribution in [1.82, 2.24) is 5.32 Å². The Bertz CT molecular complexity index is 580. The van der Waals surface area contributed by atoms with Crippen LogP contribution in [0.2, 0.25) is 0 Å². The maximum atomic E-state index is 11.3. The summed E-state index contributed by atoms with van der Waals surface area (Å²) in [6.45, 7) is 1.66. The number of hydrogen-bond donors (Lipinski definition) is 3. The van der Waals surface area contributed by atoms with Crippen molar-refractivity contribution in [1.29, 1.82) is 0 Å². The van der Waals surface area contributed by atoms with Gasteiger partial charge in [-0.15, -0.1) is 0 Å². The lowest BCUT2D eigenvalue weighted by molar-refractivity contribution is -0.140. The number of nitrogens with one attached hydrogen (secondary N) is 1. The molecule has 7 nitrogen and oxygen atoms in total. The Kier molecular flexibility index (Phi) is 4.62. The van der Waals surface area contributed by atoms with Gasteiger partial charge in [0.2, 0.25) is 15.9 Å². The summed E-state index contributed by atoms with van der Waals surface area (Å²) in [5.41, 5.74) is 0.645. The molecule has 1 aromatic rings. The summed E-state index contributed by atoms with van der Waals surface area (Å²) in [7, 11) is -3.75. The highest BCUT2D eigenvalue weighted by Crippen LogP contribution is 2.15. The van der Waals surface area contributed by atoms with Gasteiger partial charge in [0.05, 0.1) is 10.9 Å². The molecule has 1 atom stereocenters. The zero-order valence-corrected chi connectivity index (χ0v) is 11.0. The molecule has 8 heteroatoms. The molecule has 0 heterocycles. The van der Waals surface area contributed by atoms with Crippen molar-refractivity contribution in [2.45, 2.75) is 24.3 Å². The number of nitrogens with two attached hydrogens (primary N) is 1. The summed E-state index contributed by atoms with van der Waals surface area (Å²) in [5.74, 6) is -1.83. The molecule has 0 aromatic heterocycles. The van der Waals surface area contributed by atoms with Gasteiger partial charge < -0.3 is 10.4 Å². The van der Waals surface area contributed by atoms with Crippen LogP contribution in [0.4, 0.5) is 0 Å². The van der Waals surface area contributed by atoms with E-state index in [-0.39, 0.29) is 4.90 Å². The zero-order valence-electron chi connectivity index (χ0n) is 10.2. The van der Waals surface area contributed by atoms with Crippen molar-refractivity contribution < 1.29 is 23.1 Å². The smallest absolute Gasteiger partial charge is 0.312 e. The fourth-order valence-corrected chi connectivity index (χ4v) is 1.97. The topological polar surface area (TPSA) is 127 Å².